The van der Waals surface area contributed by atoms with Crippen molar-refractivity contribution in [3.8, 4) is 5.88 Å². The van der Waals surface area contributed by atoms with Crippen LogP contribution in [0.15, 0.2) is 12.4 Å². The molecule has 1 saturated carbocycles. The summed E-state index contributed by atoms with van der Waals surface area (Å²) >= 11 is 0. The first-order valence-corrected chi connectivity index (χ1v) is 5.51. The number of ether oxygens (including phenoxy) is 1. The summed E-state index contributed by atoms with van der Waals surface area (Å²) in [5, 5.41) is 0. The van der Waals surface area contributed by atoms with Crippen LogP contribution in [0, 0.1) is 5.92 Å². The second-order valence-electron chi connectivity index (χ2n) is 5.24. The zero-order chi connectivity index (χ0) is 10.9. The summed E-state index contributed by atoms with van der Waals surface area (Å²) < 4.78 is 5.52. The predicted molar refractivity (Wildman–Crippen MR) is 59.0 cm³/mol. The van der Waals surface area contributed by atoms with Crippen LogP contribution in [0.3, 0.4) is 0 Å². The average molecular weight is 206 g/mol. The molecule has 1 aliphatic rings. The number of hydrogen-bond donors (Lipinski definition) is 0. The SMILES string of the molecule is CC(C)(C)c1cnc(OCC2CC2)cn1. The van der Waals surface area contributed by atoms with Gasteiger partial charge in [0, 0.05) is 5.41 Å². The van der Waals surface area contributed by atoms with Crippen LogP contribution in [0.5, 0.6) is 5.88 Å². The topological polar surface area (TPSA) is 35.0 Å². The third-order valence-electron chi connectivity index (χ3n) is 2.56. The maximum atomic E-state index is 5.52. The molecule has 0 amide bonds. The van der Waals surface area contributed by atoms with E-state index in [2.05, 4.69) is 30.7 Å². The molecule has 0 N–H and O–H groups in total. The normalized spacial score (nSPS) is 16.5. The molecule has 2 rings (SSSR count). The van der Waals surface area contributed by atoms with Crippen molar-refractivity contribution in [2.75, 3.05) is 6.61 Å². The van der Waals surface area contributed by atoms with E-state index in [0.717, 1.165) is 18.2 Å². The highest BCUT2D eigenvalue weighted by Crippen LogP contribution is 2.29. The van der Waals surface area contributed by atoms with Gasteiger partial charge in [0.15, 0.2) is 0 Å². The van der Waals surface area contributed by atoms with Crippen molar-refractivity contribution in [2.45, 2.75) is 39.0 Å². The van der Waals surface area contributed by atoms with Crippen molar-refractivity contribution in [1.29, 1.82) is 0 Å². The summed E-state index contributed by atoms with van der Waals surface area (Å²) in [4.78, 5) is 8.62. The lowest BCUT2D eigenvalue weighted by Gasteiger charge is -2.16. The largest absolute Gasteiger partial charge is 0.476 e. The van der Waals surface area contributed by atoms with Gasteiger partial charge in [-0.05, 0) is 18.8 Å². The third-order valence-corrected chi connectivity index (χ3v) is 2.56. The lowest BCUT2D eigenvalue weighted by molar-refractivity contribution is 0.286. The van der Waals surface area contributed by atoms with Crippen molar-refractivity contribution >= 4 is 0 Å². The van der Waals surface area contributed by atoms with Crippen molar-refractivity contribution in [1.82, 2.24) is 9.97 Å². The minimum absolute atomic E-state index is 0.0576. The summed E-state index contributed by atoms with van der Waals surface area (Å²) in [6.07, 6.45) is 6.13. The fraction of sp³-hybridized carbons (Fsp3) is 0.667. The molecule has 3 nitrogen and oxygen atoms in total. The molecule has 1 aromatic heterocycles. The van der Waals surface area contributed by atoms with Gasteiger partial charge < -0.3 is 4.74 Å². The van der Waals surface area contributed by atoms with Crippen LogP contribution in [0.25, 0.3) is 0 Å². The molecule has 1 heterocycles. The zero-order valence-electron chi connectivity index (χ0n) is 9.66. The van der Waals surface area contributed by atoms with Crippen molar-refractivity contribution < 1.29 is 4.74 Å². The molecule has 3 heteroatoms. The van der Waals surface area contributed by atoms with Crippen LogP contribution >= 0.6 is 0 Å². The van der Waals surface area contributed by atoms with Gasteiger partial charge in [-0.1, -0.05) is 20.8 Å². The van der Waals surface area contributed by atoms with Crippen LogP contribution < -0.4 is 4.74 Å². The minimum Gasteiger partial charge on any atom is -0.476 e. The third kappa shape index (κ3) is 2.91. The Bertz CT molecular complexity index is 322. The second kappa shape index (κ2) is 3.80. The molecule has 0 radical (unpaired) electrons. The van der Waals surface area contributed by atoms with Crippen LogP contribution in [0.2, 0.25) is 0 Å². The number of nitrogens with zero attached hydrogens (tertiary/aromatic N) is 2. The van der Waals surface area contributed by atoms with Gasteiger partial charge in [0.05, 0.1) is 24.7 Å². The van der Waals surface area contributed by atoms with Crippen molar-refractivity contribution in [3.05, 3.63) is 18.1 Å². The Balaban J connectivity index is 1.96. The zero-order valence-corrected chi connectivity index (χ0v) is 9.66. The molecule has 0 saturated heterocycles. The Morgan fingerprint density at radius 2 is 2.00 bits per heavy atom. The molecular formula is C12H18N2O. The Morgan fingerprint density at radius 1 is 1.27 bits per heavy atom. The Labute approximate surface area is 90.9 Å². The van der Waals surface area contributed by atoms with Crippen LogP contribution in [-0.4, -0.2) is 16.6 Å². The van der Waals surface area contributed by atoms with Crippen LogP contribution in [0.1, 0.15) is 39.3 Å². The minimum atomic E-state index is 0.0576. The van der Waals surface area contributed by atoms with Gasteiger partial charge in [0.2, 0.25) is 5.88 Å². The van der Waals surface area contributed by atoms with Crippen molar-refractivity contribution in [2.24, 2.45) is 5.92 Å². The maximum absolute atomic E-state index is 5.52. The summed E-state index contributed by atoms with van der Waals surface area (Å²) in [6.45, 7) is 7.18. The van der Waals surface area contributed by atoms with E-state index in [1.165, 1.54) is 12.8 Å². The maximum Gasteiger partial charge on any atom is 0.232 e. The Hall–Kier alpha value is -1.12. The molecule has 0 atom stereocenters. The highest BCUT2D eigenvalue weighted by Gasteiger charge is 2.22. The number of aromatic nitrogens is 2. The Kier molecular flexibility index (Phi) is 2.63. The van der Waals surface area contributed by atoms with E-state index in [1.54, 1.807) is 6.20 Å². The highest BCUT2D eigenvalue weighted by molar-refractivity contribution is 5.13. The molecule has 0 spiro atoms. The summed E-state index contributed by atoms with van der Waals surface area (Å²) in [5.74, 6) is 1.41. The van der Waals surface area contributed by atoms with E-state index < -0.39 is 0 Å². The molecule has 82 valence electrons. The first-order chi connectivity index (χ1) is 7.05. The predicted octanol–water partition coefficient (Wildman–Crippen LogP) is 2.56. The quantitative estimate of drug-likeness (QED) is 0.762. The van der Waals surface area contributed by atoms with Gasteiger partial charge in [-0.15, -0.1) is 0 Å². The lowest BCUT2D eigenvalue weighted by Crippen LogP contribution is -2.14. The molecule has 0 aliphatic heterocycles. The smallest absolute Gasteiger partial charge is 0.232 e. The van der Waals surface area contributed by atoms with Crippen molar-refractivity contribution in [3.63, 3.8) is 0 Å². The van der Waals surface area contributed by atoms with E-state index in [1.807, 2.05) is 6.20 Å². The number of hydrogen-bond acceptors (Lipinski definition) is 3. The molecule has 15 heavy (non-hydrogen) atoms. The highest BCUT2D eigenvalue weighted by atomic mass is 16.5. The fourth-order valence-corrected chi connectivity index (χ4v) is 1.27. The van der Waals surface area contributed by atoms with Gasteiger partial charge in [-0.25, -0.2) is 4.98 Å². The fourth-order valence-electron chi connectivity index (χ4n) is 1.27. The summed E-state index contributed by atoms with van der Waals surface area (Å²) in [5.41, 5.74) is 1.06. The van der Waals surface area contributed by atoms with E-state index in [-0.39, 0.29) is 5.41 Å². The van der Waals surface area contributed by atoms with Crippen LogP contribution in [0.4, 0.5) is 0 Å². The van der Waals surface area contributed by atoms with Gasteiger partial charge in [0.25, 0.3) is 0 Å². The molecule has 1 aliphatic carbocycles. The van der Waals surface area contributed by atoms with Gasteiger partial charge >= 0.3 is 0 Å². The molecule has 1 aromatic rings. The summed E-state index contributed by atoms with van der Waals surface area (Å²) in [6, 6.07) is 0. The standard InChI is InChI=1S/C12H18N2O/c1-12(2,3)10-6-14-11(7-13-10)15-8-9-4-5-9/h6-7,9H,4-5,8H2,1-3H3. The lowest BCUT2D eigenvalue weighted by atomic mass is 9.93. The molecule has 0 bridgehead atoms. The van der Waals surface area contributed by atoms with Crippen LogP contribution in [-0.2, 0) is 5.41 Å². The van der Waals surface area contributed by atoms with E-state index in [4.69, 9.17) is 4.74 Å². The second-order valence-corrected chi connectivity index (χ2v) is 5.24. The van der Waals surface area contributed by atoms with E-state index in [9.17, 15) is 0 Å². The van der Waals surface area contributed by atoms with E-state index in [0.29, 0.717) is 5.88 Å². The van der Waals surface area contributed by atoms with E-state index >= 15 is 0 Å². The average Bonchev–Trinajstić information content (AvgIpc) is 2.97. The molecule has 0 aromatic carbocycles. The van der Waals surface area contributed by atoms with Gasteiger partial charge in [-0.2, -0.15) is 0 Å². The van der Waals surface area contributed by atoms with Gasteiger partial charge in [-0.3, -0.25) is 4.98 Å². The molecular weight excluding hydrogens is 188 g/mol. The number of rotatable bonds is 3. The molecule has 0 unspecified atom stereocenters. The first kappa shape index (κ1) is 10.4. The Morgan fingerprint density at radius 3 is 2.47 bits per heavy atom. The molecule has 1 fully saturated rings. The van der Waals surface area contributed by atoms with Gasteiger partial charge in [0.1, 0.15) is 0 Å². The monoisotopic (exact) mass is 206 g/mol. The summed E-state index contributed by atoms with van der Waals surface area (Å²) in [7, 11) is 0. The first-order valence-electron chi connectivity index (χ1n) is 5.51.